The molecule has 0 fully saturated rings. The lowest BCUT2D eigenvalue weighted by Gasteiger charge is -2.22. The zero-order chi connectivity index (χ0) is 12.9. The number of rotatable bonds is 5. The first-order valence-corrected chi connectivity index (χ1v) is 5.88. The van der Waals surface area contributed by atoms with E-state index in [2.05, 4.69) is 26.1 Å². The lowest BCUT2D eigenvalue weighted by atomic mass is 9.96. The Balaban J connectivity index is 2.59. The molecule has 0 aliphatic heterocycles. The summed E-state index contributed by atoms with van der Waals surface area (Å²) in [5, 5.41) is 12.3. The summed E-state index contributed by atoms with van der Waals surface area (Å²) in [7, 11) is 0. The molecule has 0 aromatic heterocycles. The fraction of sp³-hybridized carbons (Fsp3) is 0.500. The highest BCUT2D eigenvalue weighted by atomic mass is 16.4. The molecule has 0 bridgehead atoms. The molecule has 0 spiro atoms. The second-order valence-corrected chi connectivity index (χ2v) is 5.52. The van der Waals surface area contributed by atoms with Crippen molar-refractivity contribution in [3.63, 3.8) is 0 Å². The van der Waals surface area contributed by atoms with Gasteiger partial charge in [0.05, 0.1) is 0 Å². The summed E-state index contributed by atoms with van der Waals surface area (Å²) in [6.07, 6.45) is 0.520. The van der Waals surface area contributed by atoms with E-state index in [1.165, 1.54) is 0 Å². The van der Waals surface area contributed by atoms with Crippen LogP contribution in [0.3, 0.4) is 0 Å². The van der Waals surface area contributed by atoms with E-state index in [9.17, 15) is 4.79 Å². The Labute approximate surface area is 103 Å². The minimum absolute atomic E-state index is 0.0877. The Kier molecular flexibility index (Phi) is 4.70. The number of aliphatic carboxylic acids is 1. The van der Waals surface area contributed by atoms with Crippen molar-refractivity contribution < 1.29 is 9.90 Å². The molecule has 2 N–H and O–H groups in total. The standard InChI is InChI=1S/C14H21NO2/c1-14(2,3)10-15-12(13(16)17)9-11-7-5-4-6-8-11/h4-8,12,15H,9-10H2,1-3H3,(H,16,17). The van der Waals surface area contributed by atoms with E-state index in [-0.39, 0.29) is 5.41 Å². The molecule has 0 amide bonds. The SMILES string of the molecule is CC(C)(C)CNC(Cc1ccccc1)C(=O)O. The molecule has 1 aromatic rings. The van der Waals surface area contributed by atoms with E-state index in [4.69, 9.17) is 5.11 Å². The molecule has 0 saturated carbocycles. The van der Waals surface area contributed by atoms with Crippen LogP contribution in [0, 0.1) is 5.41 Å². The van der Waals surface area contributed by atoms with Gasteiger partial charge in [-0.3, -0.25) is 4.79 Å². The quantitative estimate of drug-likeness (QED) is 0.823. The summed E-state index contributed by atoms with van der Waals surface area (Å²) in [5.41, 5.74) is 1.13. The third-order valence-electron chi connectivity index (χ3n) is 2.46. The van der Waals surface area contributed by atoms with Crippen molar-refractivity contribution in [2.45, 2.75) is 33.2 Å². The van der Waals surface area contributed by atoms with Gasteiger partial charge in [-0.05, 0) is 17.4 Å². The summed E-state index contributed by atoms with van der Waals surface area (Å²) >= 11 is 0. The average Bonchev–Trinajstić information content (AvgIpc) is 2.24. The van der Waals surface area contributed by atoms with Crippen LogP contribution in [0.4, 0.5) is 0 Å². The molecule has 94 valence electrons. The highest BCUT2D eigenvalue weighted by Crippen LogP contribution is 2.12. The average molecular weight is 235 g/mol. The van der Waals surface area contributed by atoms with Crippen molar-refractivity contribution in [2.75, 3.05) is 6.54 Å². The second-order valence-electron chi connectivity index (χ2n) is 5.52. The first-order valence-electron chi connectivity index (χ1n) is 5.88. The van der Waals surface area contributed by atoms with E-state index in [0.717, 1.165) is 5.56 Å². The predicted molar refractivity (Wildman–Crippen MR) is 69.0 cm³/mol. The number of carbonyl (C=O) groups is 1. The highest BCUT2D eigenvalue weighted by Gasteiger charge is 2.20. The van der Waals surface area contributed by atoms with E-state index in [0.29, 0.717) is 13.0 Å². The minimum Gasteiger partial charge on any atom is -0.480 e. The zero-order valence-electron chi connectivity index (χ0n) is 10.7. The van der Waals surface area contributed by atoms with Crippen LogP contribution in [0.2, 0.25) is 0 Å². The molecule has 0 radical (unpaired) electrons. The molecular weight excluding hydrogens is 214 g/mol. The van der Waals surface area contributed by atoms with Gasteiger partial charge in [-0.1, -0.05) is 51.1 Å². The Morgan fingerprint density at radius 3 is 2.35 bits per heavy atom. The van der Waals surface area contributed by atoms with Crippen molar-refractivity contribution >= 4 is 5.97 Å². The monoisotopic (exact) mass is 235 g/mol. The normalized spacial score (nSPS) is 13.4. The van der Waals surface area contributed by atoms with Gasteiger partial charge in [0.2, 0.25) is 0 Å². The van der Waals surface area contributed by atoms with Crippen molar-refractivity contribution in [3.8, 4) is 0 Å². The molecule has 0 heterocycles. The van der Waals surface area contributed by atoms with E-state index < -0.39 is 12.0 Å². The smallest absolute Gasteiger partial charge is 0.321 e. The Morgan fingerprint density at radius 1 is 1.29 bits per heavy atom. The predicted octanol–water partition coefficient (Wildman–Crippen LogP) is 2.32. The van der Waals surface area contributed by atoms with Gasteiger partial charge in [0.1, 0.15) is 6.04 Å². The van der Waals surface area contributed by atoms with Crippen LogP contribution in [-0.2, 0) is 11.2 Å². The summed E-state index contributed by atoms with van der Waals surface area (Å²) in [4.78, 5) is 11.2. The third kappa shape index (κ3) is 5.50. The Morgan fingerprint density at radius 2 is 1.88 bits per heavy atom. The first-order chi connectivity index (χ1) is 7.88. The van der Waals surface area contributed by atoms with Gasteiger partial charge in [0.15, 0.2) is 0 Å². The number of nitrogens with one attached hydrogen (secondary N) is 1. The molecular formula is C14H21NO2. The minimum atomic E-state index is -0.793. The molecule has 0 saturated heterocycles. The highest BCUT2D eigenvalue weighted by molar-refractivity contribution is 5.73. The number of hydrogen-bond acceptors (Lipinski definition) is 2. The number of carboxylic acids is 1. The third-order valence-corrected chi connectivity index (χ3v) is 2.46. The van der Waals surface area contributed by atoms with Gasteiger partial charge in [-0.25, -0.2) is 0 Å². The van der Waals surface area contributed by atoms with Gasteiger partial charge < -0.3 is 10.4 Å². The van der Waals surface area contributed by atoms with Gasteiger partial charge in [-0.2, -0.15) is 0 Å². The van der Waals surface area contributed by atoms with Crippen molar-refractivity contribution in [3.05, 3.63) is 35.9 Å². The van der Waals surface area contributed by atoms with Crippen molar-refractivity contribution in [1.82, 2.24) is 5.32 Å². The summed E-state index contributed by atoms with van der Waals surface area (Å²) in [5.74, 6) is -0.793. The summed E-state index contributed by atoms with van der Waals surface area (Å²) in [6.45, 7) is 6.95. The molecule has 1 atom stereocenters. The van der Waals surface area contributed by atoms with Crippen LogP contribution in [0.25, 0.3) is 0 Å². The molecule has 1 aromatic carbocycles. The van der Waals surface area contributed by atoms with Gasteiger partial charge in [0, 0.05) is 6.54 Å². The topological polar surface area (TPSA) is 49.3 Å². The van der Waals surface area contributed by atoms with Crippen LogP contribution >= 0.6 is 0 Å². The Bertz CT molecular complexity index is 354. The molecule has 3 nitrogen and oxygen atoms in total. The molecule has 0 aliphatic rings. The Hall–Kier alpha value is -1.35. The van der Waals surface area contributed by atoms with E-state index >= 15 is 0 Å². The molecule has 1 rings (SSSR count). The number of benzene rings is 1. The molecule has 1 unspecified atom stereocenters. The van der Waals surface area contributed by atoms with Gasteiger partial charge in [0.25, 0.3) is 0 Å². The van der Waals surface area contributed by atoms with E-state index in [1.54, 1.807) is 0 Å². The summed E-state index contributed by atoms with van der Waals surface area (Å²) < 4.78 is 0. The zero-order valence-corrected chi connectivity index (χ0v) is 10.7. The van der Waals surface area contributed by atoms with Crippen LogP contribution < -0.4 is 5.32 Å². The van der Waals surface area contributed by atoms with Crippen molar-refractivity contribution in [2.24, 2.45) is 5.41 Å². The van der Waals surface area contributed by atoms with Gasteiger partial charge in [-0.15, -0.1) is 0 Å². The second kappa shape index (κ2) is 5.82. The number of carboxylic acid groups (broad SMARTS) is 1. The fourth-order valence-corrected chi connectivity index (χ4v) is 1.53. The van der Waals surface area contributed by atoms with Gasteiger partial charge >= 0.3 is 5.97 Å². The van der Waals surface area contributed by atoms with E-state index in [1.807, 2.05) is 30.3 Å². The van der Waals surface area contributed by atoms with Crippen LogP contribution in [-0.4, -0.2) is 23.7 Å². The van der Waals surface area contributed by atoms with Crippen LogP contribution in [0.15, 0.2) is 30.3 Å². The van der Waals surface area contributed by atoms with Crippen molar-refractivity contribution in [1.29, 1.82) is 0 Å². The number of hydrogen-bond donors (Lipinski definition) is 2. The fourth-order valence-electron chi connectivity index (χ4n) is 1.53. The molecule has 0 aliphatic carbocycles. The summed E-state index contributed by atoms with van der Waals surface area (Å²) in [6, 6.07) is 9.18. The van der Waals surface area contributed by atoms with Crippen LogP contribution in [0.1, 0.15) is 26.3 Å². The maximum absolute atomic E-state index is 11.2. The van der Waals surface area contributed by atoms with Crippen LogP contribution in [0.5, 0.6) is 0 Å². The largest absolute Gasteiger partial charge is 0.480 e. The maximum Gasteiger partial charge on any atom is 0.321 e. The molecule has 3 heteroatoms. The lowest BCUT2D eigenvalue weighted by Crippen LogP contribution is -2.42. The molecule has 17 heavy (non-hydrogen) atoms. The lowest BCUT2D eigenvalue weighted by molar-refractivity contribution is -0.139. The first kappa shape index (κ1) is 13.7. The maximum atomic E-state index is 11.2.